The standard InChI is InChI=1S/C17H20N2O3S/c1-13(20)23-12-16-15(10-18)8-5-9-19(16)17(21)22-11-14-6-3-2-4-7-14/h2-4,6-7,15-16H,5,8-9,11-12H2,1H3. The van der Waals surface area contributed by atoms with Crippen molar-refractivity contribution in [2.45, 2.75) is 32.4 Å². The van der Waals surface area contributed by atoms with E-state index >= 15 is 0 Å². The van der Waals surface area contributed by atoms with Crippen molar-refractivity contribution < 1.29 is 14.3 Å². The minimum Gasteiger partial charge on any atom is -0.445 e. The number of nitriles is 1. The van der Waals surface area contributed by atoms with Crippen LogP contribution in [0.15, 0.2) is 30.3 Å². The van der Waals surface area contributed by atoms with Gasteiger partial charge in [-0.25, -0.2) is 4.79 Å². The molecule has 0 bridgehead atoms. The van der Waals surface area contributed by atoms with Gasteiger partial charge in [-0.3, -0.25) is 4.79 Å². The molecule has 6 heteroatoms. The zero-order chi connectivity index (χ0) is 16.7. The lowest BCUT2D eigenvalue weighted by Gasteiger charge is -2.37. The molecule has 1 saturated heterocycles. The quantitative estimate of drug-likeness (QED) is 0.847. The van der Waals surface area contributed by atoms with Crippen LogP contribution in [0.4, 0.5) is 4.79 Å². The summed E-state index contributed by atoms with van der Waals surface area (Å²) in [5.41, 5.74) is 0.921. The average molecular weight is 332 g/mol. The largest absolute Gasteiger partial charge is 0.445 e. The fourth-order valence-corrected chi connectivity index (χ4v) is 3.46. The van der Waals surface area contributed by atoms with Gasteiger partial charge in [0.15, 0.2) is 5.12 Å². The molecule has 1 aromatic carbocycles. The monoisotopic (exact) mass is 332 g/mol. The van der Waals surface area contributed by atoms with Gasteiger partial charge in [0, 0.05) is 19.2 Å². The summed E-state index contributed by atoms with van der Waals surface area (Å²) >= 11 is 1.15. The SMILES string of the molecule is CC(=O)SCC1C(C#N)CCCN1C(=O)OCc1ccccc1. The highest BCUT2D eigenvalue weighted by atomic mass is 32.2. The van der Waals surface area contributed by atoms with Crippen LogP contribution in [0.3, 0.4) is 0 Å². The summed E-state index contributed by atoms with van der Waals surface area (Å²) in [7, 11) is 0. The molecule has 0 aromatic heterocycles. The van der Waals surface area contributed by atoms with E-state index in [0.717, 1.165) is 30.2 Å². The minimum absolute atomic E-state index is 0.00938. The van der Waals surface area contributed by atoms with Gasteiger partial charge in [-0.05, 0) is 18.4 Å². The number of amides is 1. The summed E-state index contributed by atoms with van der Waals surface area (Å²) in [5.74, 6) is 0.188. The molecule has 0 aliphatic carbocycles. The zero-order valence-corrected chi connectivity index (χ0v) is 13.9. The molecule has 0 spiro atoms. The second-order valence-electron chi connectivity index (χ2n) is 5.48. The van der Waals surface area contributed by atoms with E-state index in [-0.39, 0.29) is 23.7 Å². The number of hydrogen-bond acceptors (Lipinski definition) is 5. The number of hydrogen-bond donors (Lipinski definition) is 0. The fourth-order valence-electron chi connectivity index (χ4n) is 2.65. The van der Waals surface area contributed by atoms with Gasteiger partial charge in [0.1, 0.15) is 6.61 Å². The molecule has 2 unspecified atom stereocenters. The number of likely N-dealkylation sites (tertiary alicyclic amines) is 1. The molecule has 1 aliphatic rings. The highest BCUT2D eigenvalue weighted by Crippen LogP contribution is 2.27. The van der Waals surface area contributed by atoms with Crippen molar-refractivity contribution in [3.05, 3.63) is 35.9 Å². The van der Waals surface area contributed by atoms with E-state index in [1.54, 1.807) is 4.90 Å². The first-order chi connectivity index (χ1) is 11.1. The predicted octanol–water partition coefficient (Wildman–Crippen LogP) is 3.21. The second kappa shape index (κ2) is 8.59. The summed E-state index contributed by atoms with van der Waals surface area (Å²) in [6.45, 7) is 2.27. The number of nitrogens with zero attached hydrogens (tertiary/aromatic N) is 2. The molecule has 122 valence electrons. The van der Waals surface area contributed by atoms with Gasteiger partial charge < -0.3 is 9.64 Å². The zero-order valence-electron chi connectivity index (χ0n) is 13.1. The van der Waals surface area contributed by atoms with E-state index in [4.69, 9.17) is 4.74 Å². The van der Waals surface area contributed by atoms with Crippen molar-refractivity contribution in [3.63, 3.8) is 0 Å². The third kappa shape index (κ3) is 5.00. The Hall–Kier alpha value is -2.00. The molecular formula is C17H20N2O3S. The molecule has 1 fully saturated rings. The molecule has 0 saturated carbocycles. The van der Waals surface area contributed by atoms with Gasteiger partial charge in [-0.2, -0.15) is 5.26 Å². The van der Waals surface area contributed by atoms with Crippen LogP contribution in [-0.2, 0) is 16.1 Å². The van der Waals surface area contributed by atoms with E-state index in [0.29, 0.717) is 12.3 Å². The predicted molar refractivity (Wildman–Crippen MR) is 88.6 cm³/mol. The molecule has 5 nitrogen and oxygen atoms in total. The van der Waals surface area contributed by atoms with E-state index in [2.05, 4.69) is 6.07 Å². The molecule has 0 radical (unpaired) electrons. The van der Waals surface area contributed by atoms with Gasteiger partial charge in [-0.15, -0.1) is 0 Å². The van der Waals surface area contributed by atoms with E-state index in [9.17, 15) is 14.9 Å². The Morgan fingerprint density at radius 2 is 2.13 bits per heavy atom. The van der Waals surface area contributed by atoms with Crippen LogP contribution < -0.4 is 0 Å². The van der Waals surface area contributed by atoms with Crippen LogP contribution in [0, 0.1) is 17.2 Å². The number of carbonyl (C=O) groups excluding carboxylic acids is 2. The maximum Gasteiger partial charge on any atom is 0.410 e. The van der Waals surface area contributed by atoms with Crippen LogP contribution in [0.1, 0.15) is 25.3 Å². The van der Waals surface area contributed by atoms with Crippen molar-refractivity contribution in [2.75, 3.05) is 12.3 Å². The van der Waals surface area contributed by atoms with Crippen LogP contribution >= 0.6 is 11.8 Å². The normalized spacial score (nSPS) is 20.6. The Morgan fingerprint density at radius 1 is 1.39 bits per heavy atom. The van der Waals surface area contributed by atoms with Gasteiger partial charge in [0.2, 0.25) is 0 Å². The molecule has 2 rings (SSSR count). The van der Waals surface area contributed by atoms with Crippen molar-refractivity contribution >= 4 is 23.0 Å². The highest BCUT2D eigenvalue weighted by molar-refractivity contribution is 8.13. The second-order valence-corrected chi connectivity index (χ2v) is 6.68. The van der Waals surface area contributed by atoms with Crippen molar-refractivity contribution in [3.8, 4) is 6.07 Å². The molecule has 1 heterocycles. The molecule has 23 heavy (non-hydrogen) atoms. The number of benzene rings is 1. The molecule has 1 amide bonds. The summed E-state index contributed by atoms with van der Waals surface area (Å²) in [4.78, 5) is 25.2. The van der Waals surface area contributed by atoms with Gasteiger partial charge >= 0.3 is 6.09 Å². The topological polar surface area (TPSA) is 70.4 Å². The van der Waals surface area contributed by atoms with Crippen LogP contribution in [0.5, 0.6) is 0 Å². The summed E-state index contributed by atoms with van der Waals surface area (Å²) in [5, 5.41) is 9.30. The summed E-state index contributed by atoms with van der Waals surface area (Å²) in [6.07, 6.45) is 1.12. The van der Waals surface area contributed by atoms with Crippen molar-refractivity contribution in [1.29, 1.82) is 5.26 Å². The Bertz CT molecular complexity index is 585. The lowest BCUT2D eigenvalue weighted by Crippen LogP contribution is -2.49. The Morgan fingerprint density at radius 3 is 2.78 bits per heavy atom. The van der Waals surface area contributed by atoms with E-state index in [1.165, 1.54) is 6.92 Å². The third-order valence-electron chi connectivity index (χ3n) is 3.84. The number of carbonyl (C=O) groups is 2. The van der Waals surface area contributed by atoms with Crippen LogP contribution in [-0.4, -0.2) is 34.4 Å². The van der Waals surface area contributed by atoms with Gasteiger partial charge in [0.25, 0.3) is 0 Å². The maximum atomic E-state index is 12.4. The molecule has 1 aliphatic heterocycles. The van der Waals surface area contributed by atoms with E-state index in [1.807, 2.05) is 30.3 Å². The number of ether oxygens (including phenoxy) is 1. The first kappa shape index (κ1) is 17.4. The fraction of sp³-hybridized carbons (Fsp3) is 0.471. The highest BCUT2D eigenvalue weighted by Gasteiger charge is 2.35. The Balaban J connectivity index is 1.99. The molecule has 1 aromatic rings. The molecule has 2 atom stereocenters. The lowest BCUT2D eigenvalue weighted by molar-refractivity contribution is -0.109. The Labute approximate surface area is 140 Å². The summed E-state index contributed by atoms with van der Waals surface area (Å²) < 4.78 is 5.38. The number of rotatable bonds is 4. The average Bonchev–Trinajstić information content (AvgIpc) is 2.58. The summed E-state index contributed by atoms with van der Waals surface area (Å²) in [6, 6.07) is 11.5. The van der Waals surface area contributed by atoms with Crippen molar-refractivity contribution in [1.82, 2.24) is 4.90 Å². The van der Waals surface area contributed by atoms with Crippen LogP contribution in [0.25, 0.3) is 0 Å². The first-order valence-corrected chi connectivity index (χ1v) is 8.60. The smallest absolute Gasteiger partial charge is 0.410 e. The van der Waals surface area contributed by atoms with Crippen molar-refractivity contribution in [2.24, 2.45) is 5.92 Å². The third-order valence-corrected chi connectivity index (χ3v) is 4.76. The minimum atomic E-state index is -0.414. The van der Waals surface area contributed by atoms with Gasteiger partial charge in [0.05, 0.1) is 18.0 Å². The number of piperidine rings is 1. The van der Waals surface area contributed by atoms with E-state index < -0.39 is 6.09 Å². The lowest BCUT2D eigenvalue weighted by atomic mass is 9.92. The first-order valence-electron chi connectivity index (χ1n) is 7.62. The maximum absolute atomic E-state index is 12.4. The Kier molecular flexibility index (Phi) is 6.48. The molecule has 0 N–H and O–H groups in total. The number of thioether (sulfide) groups is 1. The molecular weight excluding hydrogens is 312 g/mol. The van der Waals surface area contributed by atoms with Gasteiger partial charge in [-0.1, -0.05) is 42.1 Å². The van der Waals surface area contributed by atoms with Crippen LogP contribution in [0.2, 0.25) is 0 Å².